The van der Waals surface area contributed by atoms with E-state index >= 15 is 0 Å². The molecule has 42 heavy (non-hydrogen) atoms. The van der Waals surface area contributed by atoms with Crippen LogP contribution in [0.1, 0.15) is 57.5 Å². The zero-order valence-corrected chi connectivity index (χ0v) is 23.8. The molecule has 0 atom stereocenters. The Morgan fingerprint density at radius 2 is 0.976 bits per heavy atom. The van der Waals surface area contributed by atoms with Gasteiger partial charge in [0.15, 0.2) is 0 Å². The Labute approximate surface area is 252 Å². The van der Waals surface area contributed by atoms with Crippen LogP contribution in [0.5, 0.6) is 11.5 Å². The van der Waals surface area contributed by atoms with Gasteiger partial charge in [-0.25, -0.2) is 9.59 Å². The van der Waals surface area contributed by atoms with Crippen LogP contribution in [0.25, 0.3) is 0 Å². The van der Waals surface area contributed by atoms with Gasteiger partial charge in [-0.3, -0.25) is 0 Å². The second kappa shape index (κ2) is 14.8. The molecule has 4 aromatic carbocycles. The molecule has 0 aliphatic rings. The third-order valence-electron chi connectivity index (χ3n) is 6.11. The first-order valence-corrected chi connectivity index (χ1v) is 13.7. The highest BCUT2D eigenvalue weighted by atomic mass is 35.5. The van der Waals surface area contributed by atoms with Gasteiger partial charge in [0.05, 0.1) is 22.6 Å². The zero-order valence-electron chi connectivity index (χ0n) is 22.2. The maximum Gasteiger partial charge on any atom is 0.365 e. The molecular weight excluding hydrogens is 579 g/mol. The molecule has 0 aliphatic heterocycles. The second-order valence-electron chi connectivity index (χ2n) is 9.10. The summed E-state index contributed by atoms with van der Waals surface area (Å²) in [6.45, 7) is 0. The highest BCUT2D eigenvalue weighted by Gasteiger charge is 2.16. The topological polar surface area (TPSA) is 118 Å². The molecule has 0 saturated carbocycles. The van der Waals surface area contributed by atoms with Crippen molar-refractivity contribution in [3.05, 3.63) is 129 Å². The number of unbranched alkanes of at least 4 members (excludes halogenated alkanes) is 1. The third-order valence-corrected chi connectivity index (χ3v) is 6.58. The number of halogens is 2. The molecule has 10 heteroatoms. The number of hydrogen-bond acceptors (Lipinski definition) is 8. The number of benzene rings is 4. The normalized spacial score (nSPS) is 11.7. The van der Waals surface area contributed by atoms with Gasteiger partial charge in [-0.05, 0) is 86.3 Å². The molecule has 0 heterocycles. The van der Waals surface area contributed by atoms with E-state index in [1.54, 1.807) is 60.7 Å². The molecule has 0 saturated heterocycles. The monoisotopic (exact) mass is 604 g/mol. The van der Waals surface area contributed by atoms with Crippen LogP contribution in [0, 0.1) is 0 Å². The molecule has 8 nitrogen and oxygen atoms in total. The van der Waals surface area contributed by atoms with Gasteiger partial charge < -0.3 is 19.9 Å². The molecule has 0 radical (unpaired) electrons. The van der Waals surface area contributed by atoms with E-state index in [-0.39, 0.29) is 24.3 Å². The Morgan fingerprint density at radius 1 is 0.595 bits per heavy atom. The lowest BCUT2D eigenvalue weighted by Gasteiger charge is -2.11. The van der Waals surface area contributed by atoms with Gasteiger partial charge in [-0.15, -0.1) is 0 Å². The lowest BCUT2D eigenvalue weighted by molar-refractivity contribution is 0.0506. The molecule has 4 rings (SSSR count). The van der Waals surface area contributed by atoms with Crippen LogP contribution in [-0.2, 0) is 9.68 Å². The van der Waals surface area contributed by atoms with Gasteiger partial charge in [0.1, 0.15) is 11.5 Å². The van der Waals surface area contributed by atoms with Gasteiger partial charge in [-0.1, -0.05) is 69.9 Å². The molecule has 0 aromatic heterocycles. The van der Waals surface area contributed by atoms with E-state index < -0.39 is 11.9 Å². The van der Waals surface area contributed by atoms with Crippen molar-refractivity contribution in [3.8, 4) is 11.5 Å². The first kappa shape index (κ1) is 30.3. The van der Waals surface area contributed by atoms with Crippen molar-refractivity contribution in [2.45, 2.75) is 25.7 Å². The highest BCUT2D eigenvalue weighted by molar-refractivity contribution is 6.31. The molecule has 4 aromatic rings. The summed E-state index contributed by atoms with van der Waals surface area (Å²) in [5.41, 5.74) is 1.90. The van der Waals surface area contributed by atoms with E-state index in [0.717, 1.165) is 0 Å². The Hall–Kier alpha value is -4.66. The second-order valence-corrected chi connectivity index (χ2v) is 9.97. The fourth-order valence-corrected chi connectivity index (χ4v) is 4.31. The van der Waals surface area contributed by atoms with Crippen LogP contribution in [0.15, 0.2) is 107 Å². The Balaban J connectivity index is 1.51. The maximum atomic E-state index is 12.5. The van der Waals surface area contributed by atoms with Crippen molar-refractivity contribution in [2.24, 2.45) is 10.3 Å². The van der Waals surface area contributed by atoms with E-state index in [1.807, 2.05) is 0 Å². The summed E-state index contributed by atoms with van der Waals surface area (Å²) in [5, 5.41) is 29.8. The summed E-state index contributed by atoms with van der Waals surface area (Å²) in [7, 11) is 0. The van der Waals surface area contributed by atoms with E-state index in [0.29, 0.717) is 56.6 Å². The molecule has 0 unspecified atom stereocenters. The van der Waals surface area contributed by atoms with Crippen LogP contribution in [0.2, 0.25) is 10.0 Å². The standard InChI is InChI=1S/C32H26Cl2N2O6/c33-23-15-17-29(37)25(19-23)27(35-41-31(39)21-9-3-1-4-10-21)13-7-8-14-28(26-20-24(34)16-18-30(26)38)36-42-32(40)22-11-5-2-6-12-22/h1-6,9-12,15-20,37-38H,7-8,13-14H2/b35-27+,36-28+. The Kier molecular flexibility index (Phi) is 10.7. The smallest absolute Gasteiger partial charge is 0.365 e. The third kappa shape index (κ3) is 8.42. The van der Waals surface area contributed by atoms with E-state index in [9.17, 15) is 19.8 Å². The van der Waals surface area contributed by atoms with Crippen molar-refractivity contribution >= 4 is 46.6 Å². The molecule has 214 valence electrons. The largest absolute Gasteiger partial charge is 0.507 e. The summed E-state index contributed by atoms with van der Waals surface area (Å²) >= 11 is 12.3. The number of nitrogens with zero attached hydrogens (tertiary/aromatic N) is 2. The predicted octanol–water partition coefficient (Wildman–Crippen LogP) is 7.79. The molecule has 2 N–H and O–H groups in total. The minimum absolute atomic E-state index is 0.0761. The number of hydrogen-bond donors (Lipinski definition) is 2. The number of phenols is 2. The minimum atomic E-state index is -0.652. The lowest BCUT2D eigenvalue weighted by Crippen LogP contribution is -2.09. The van der Waals surface area contributed by atoms with Gasteiger partial charge >= 0.3 is 11.9 Å². The van der Waals surface area contributed by atoms with Crippen LogP contribution in [-0.4, -0.2) is 33.6 Å². The summed E-state index contributed by atoms with van der Waals surface area (Å²) in [4.78, 5) is 35.4. The highest BCUT2D eigenvalue weighted by Crippen LogP contribution is 2.27. The van der Waals surface area contributed by atoms with Gasteiger partial charge in [0.2, 0.25) is 0 Å². The molecule has 0 bridgehead atoms. The molecular formula is C32H26Cl2N2O6. The summed E-state index contributed by atoms with van der Waals surface area (Å²) < 4.78 is 0. The van der Waals surface area contributed by atoms with E-state index in [2.05, 4.69) is 10.3 Å². The first-order chi connectivity index (χ1) is 20.3. The first-order valence-electron chi connectivity index (χ1n) is 13.0. The summed E-state index contributed by atoms with van der Waals surface area (Å²) in [6, 6.07) is 25.8. The molecule has 0 fully saturated rings. The fraction of sp³-hybridized carbons (Fsp3) is 0.125. The van der Waals surface area contributed by atoms with Crippen molar-refractivity contribution in [1.29, 1.82) is 0 Å². The average Bonchev–Trinajstić information content (AvgIpc) is 3.01. The number of aromatic hydroxyl groups is 2. The van der Waals surface area contributed by atoms with Crippen molar-refractivity contribution < 1.29 is 29.5 Å². The number of phenolic OH excluding ortho intramolecular Hbond substituents is 2. The fourth-order valence-electron chi connectivity index (χ4n) is 3.97. The van der Waals surface area contributed by atoms with Crippen LogP contribution < -0.4 is 0 Å². The zero-order chi connectivity index (χ0) is 29.9. The quantitative estimate of drug-likeness (QED) is 0.0780. The van der Waals surface area contributed by atoms with Crippen molar-refractivity contribution in [2.75, 3.05) is 0 Å². The summed E-state index contributed by atoms with van der Waals surface area (Å²) in [5.74, 6) is -1.46. The molecule has 0 spiro atoms. The lowest BCUT2D eigenvalue weighted by atomic mass is 9.99. The van der Waals surface area contributed by atoms with Crippen LogP contribution in [0.4, 0.5) is 0 Å². The number of carbonyl (C=O) groups is 2. The SMILES string of the molecule is O=C(O/N=C(\CCCC/C(=N\OC(=O)c1ccccc1)c1cc(Cl)ccc1O)c1cc(Cl)ccc1O)c1ccccc1. The number of carbonyl (C=O) groups excluding carboxylic acids is 2. The van der Waals surface area contributed by atoms with Gasteiger partial charge in [0, 0.05) is 21.2 Å². The van der Waals surface area contributed by atoms with Crippen molar-refractivity contribution in [3.63, 3.8) is 0 Å². The van der Waals surface area contributed by atoms with E-state index in [1.165, 1.54) is 36.4 Å². The van der Waals surface area contributed by atoms with Crippen LogP contribution in [0.3, 0.4) is 0 Å². The van der Waals surface area contributed by atoms with E-state index in [4.69, 9.17) is 32.9 Å². The van der Waals surface area contributed by atoms with Crippen LogP contribution >= 0.6 is 23.2 Å². The number of rotatable bonds is 11. The van der Waals surface area contributed by atoms with Gasteiger partial charge in [0.25, 0.3) is 0 Å². The average molecular weight is 605 g/mol. The molecule has 0 amide bonds. The van der Waals surface area contributed by atoms with Crippen molar-refractivity contribution in [1.82, 2.24) is 0 Å². The minimum Gasteiger partial charge on any atom is -0.507 e. The molecule has 0 aliphatic carbocycles. The summed E-state index contributed by atoms with van der Waals surface area (Å²) in [6.07, 6.45) is 1.55. The maximum absolute atomic E-state index is 12.5. The Morgan fingerprint density at radius 3 is 1.36 bits per heavy atom. The number of oxime groups is 2. The predicted molar refractivity (Wildman–Crippen MR) is 161 cm³/mol. The Bertz CT molecular complexity index is 1490. The van der Waals surface area contributed by atoms with Gasteiger partial charge in [-0.2, -0.15) is 0 Å².